The molecule has 4 rings (SSSR count). The number of hydrogen-bond acceptors (Lipinski definition) is 11. The number of azo groups is 1. The van der Waals surface area contributed by atoms with E-state index in [1.165, 1.54) is 0 Å². The maximum absolute atomic E-state index is 12.1. The molecule has 1 aromatic heterocycles. The molecule has 0 saturated carbocycles. The number of aromatic hydroxyl groups is 1. The van der Waals surface area contributed by atoms with Crippen molar-refractivity contribution < 1.29 is 60.6 Å². The van der Waals surface area contributed by atoms with E-state index in [1.54, 1.807) is 30.3 Å². The van der Waals surface area contributed by atoms with Crippen molar-refractivity contribution in [1.82, 2.24) is 15.0 Å². The normalized spacial score (nSPS) is 12.0. The molecule has 18 heteroatoms. The van der Waals surface area contributed by atoms with Gasteiger partial charge in [-0.15, -0.1) is 5.11 Å². The Morgan fingerprint density at radius 1 is 0.811 bits per heavy atom. The molecule has 0 radical (unpaired) electrons. The van der Waals surface area contributed by atoms with Crippen LogP contribution >= 0.6 is 23.2 Å². The van der Waals surface area contributed by atoms with E-state index in [9.17, 15) is 31.0 Å². The first kappa shape index (κ1) is 29.1. The van der Waals surface area contributed by atoms with Gasteiger partial charge in [-0.3, -0.25) is 9.11 Å². The van der Waals surface area contributed by atoms with Crippen LogP contribution in [0, 0.1) is 0 Å². The number of phenols is 1. The number of nitrogens with one attached hydrogen (secondary N) is 1. The number of anilines is 2. The standard InChI is InChI=1S/C19H12Cl2N6O7S2.Na/c20-17-23-18(21)25-19(24-17)22-12-8-11-9(6-13(12)35(29,30)31)7-14(36(32,33)34)15(16(11)28)27-26-10-4-2-1-3-5-10;/h1-8,28H,(H,29,30,31)(H,32,33,34)(H,22,23,24,25);/q;+1. The Balaban J connectivity index is 0.00000380. The van der Waals surface area contributed by atoms with E-state index in [0.29, 0.717) is 5.69 Å². The first-order chi connectivity index (χ1) is 16.8. The van der Waals surface area contributed by atoms with Crippen LogP contribution in [0.1, 0.15) is 0 Å². The van der Waals surface area contributed by atoms with Crippen LogP contribution in [0.2, 0.25) is 10.6 Å². The number of phenolic OH excluding ortho intramolecular Hbond substituents is 1. The Morgan fingerprint density at radius 2 is 1.38 bits per heavy atom. The Morgan fingerprint density at radius 3 is 1.95 bits per heavy atom. The molecule has 0 atom stereocenters. The average molecular weight is 594 g/mol. The van der Waals surface area contributed by atoms with E-state index in [0.717, 1.165) is 18.2 Å². The monoisotopic (exact) mass is 593 g/mol. The number of nitrogens with zero attached hydrogens (tertiary/aromatic N) is 5. The van der Waals surface area contributed by atoms with Crippen LogP contribution in [0.4, 0.5) is 23.0 Å². The summed E-state index contributed by atoms with van der Waals surface area (Å²) < 4.78 is 67.6. The smallest absolute Gasteiger partial charge is 0.505 e. The number of benzene rings is 3. The van der Waals surface area contributed by atoms with Gasteiger partial charge in [0.15, 0.2) is 5.75 Å². The molecular weight excluding hydrogens is 582 g/mol. The molecule has 4 aromatic rings. The van der Waals surface area contributed by atoms with E-state index in [2.05, 4.69) is 30.5 Å². The molecule has 0 aliphatic heterocycles. The number of rotatable bonds is 6. The number of halogens is 2. The molecule has 0 spiro atoms. The van der Waals surface area contributed by atoms with Gasteiger partial charge in [0.2, 0.25) is 16.5 Å². The van der Waals surface area contributed by atoms with E-state index in [-0.39, 0.29) is 62.5 Å². The molecule has 0 saturated heterocycles. The van der Waals surface area contributed by atoms with Gasteiger partial charge >= 0.3 is 29.6 Å². The maximum Gasteiger partial charge on any atom is 1.00 e. The fourth-order valence-electron chi connectivity index (χ4n) is 3.08. The van der Waals surface area contributed by atoms with E-state index in [1.807, 2.05) is 0 Å². The predicted octanol–water partition coefficient (Wildman–Crippen LogP) is 1.69. The zero-order valence-electron chi connectivity index (χ0n) is 18.4. The van der Waals surface area contributed by atoms with Crippen molar-refractivity contribution in [3.8, 4) is 5.75 Å². The van der Waals surface area contributed by atoms with Crippen molar-refractivity contribution >= 4 is 77.2 Å². The van der Waals surface area contributed by atoms with Gasteiger partial charge in [-0.2, -0.15) is 36.9 Å². The first-order valence-corrected chi connectivity index (χ1v) is 13.1. The zero-order chi connectivity index (χ0) is 26.3. The Labute approximate surface area is 241 Å². The zero-order valence-corrected chi connectivity index (χ0v) is 23.5. The van der Waals surface area contributed by atoms with Gasteiger partial charge in [0, 0.05) is 5.39 Å². The van der Waals surface area contributed by atoms with Crippen molar-refractivity contribution in [2.24, 2.45) is 10.2 Å². The summed E-state index contributed by atoms with van der Waals surface area (Å²) in [6.45, 7) is 0. The Kier molecular flexibility index (Phi) is 8.73. The van der Waals surface area contributed by atoms with E-state index >= 15 is 0 Å². The molecule has 4 N–H and O–H groups in total. The van der Waals surface area contributed by atoms with Crippen LogP contribution in [0.5, 0.6) is 5.75 Å². The molecule has 0 amide bonds. The summed E-state index contributed by atoms with van der Waals surface area (Å²) in [7, 11) is -9.88. The van der Waals surface area contributed by atoms with Crippen molar-refractivity contribution in [3.05, 3.63) is 59.1 Å². The van der Waals surface area contributed by atoms with Crippen molar-refractivity contribution in [2.75, 3.05) is 5.32 Å². The van der Waals surface area contributed by atoms with Gasteiger partial charge < -0.3 is 10.4 Å². The van der Waals surface area contributed by atoms with Crippen molar-refractivity contribution in [2.45, 2.75) is 9.79 Å². The third-order valence-corrected chi connectivity index (χ3v) is 6.65. The van der Waals surface area contributed by atoms with Crippen LogP contribution in [-0.2, 0) is 20.2 Å². The number of hydrogen-bond donors (Lipinski definition) is 4. The first-order valence-electron chi connectivity index (χ1n) is 9.42. The summed E-state index contributed by atoms with van der Waals surface area (Å²) in [5.41, 5.74) is -0.652. The van der Waals surface area contributed by atoms with Crippen LogP contribution in [-0.4, -0.2) is 46.0 Å². The number of fused-ring (bicyclic) bond motifs is 1. The predicted molar refractivity (Wildman–Crippen MR) is 129 cm³/mol. The molecule has 0 bridgehead atoms. The van der Waals surface area contributed by atoms with Gasteiger partial charge in [-0.25, -0.2) is 0 Å². The largest absolute Gasteiger partial charge is 1.00 e. The fourth-order valence-corrected chi connectivity index (χ4v) is 4.77. The summed E-state index contributed by atoms with van der Waals surface area (Å²) in [6, 6.07) is 10.9. The molecule has 0 fully saturated rings. The second-order valence-corrected chi connectivity index (χ2v) is 10.4. The molecule has 3 aromatic carbocycles. The van der Waals surface area contributed by atoms with Crippen molar-refractivity contribution in [3.63, 3.8) is 0 Å². The van der Waals surface area contributed by atoms with Gasteiger partial charge in [-0.05, 0) is 58.9 Å². The third kappa shape index (κ3) is 6.70. The topological polar surface area (TPSA) is 204 Å². The molecule has 1 heterocycles. The maximum atomic E-state index is 12.1. The van der Waals surface area contributed by atoms with Crippen molar-refractivity contribution in [1.29, 1.82) is 0 Å². The number of aromatic nitrogens is 3. The van der Waals surface area contributed by atoms with E-state index in [4.69, 9.17) is 23.2 Å². The Bertz CT molecular complexity index is 1740. The third-order valence-electron chi connectivity index (χ3n) is 4.56. The Hall–Kier alpha value is -2.47. The van der Waals surface area contributed by atoms with Crippen LogP contribution in [0.3, 0.4) is 0 Å². The molecule has 0 aliphatic rings. The van der Waals surface area contributed by atoms with Crippen LogP contribution < -0.4 is 34.9 Å². The quantitative estimate of drug-likeness (QED) is 0.144. The van der Waals surface area contributed by atoms with Gasteiger partial charge in [-0.1, -0.05) is 18.2 Å². The summed E-state index contributed by atoms with van der Waals surface area (Å²) in [5.74, 6) is -1.07. The van der Waals surface area contributed by atoms with Crippen LogP contribution in [0.25, 0.3) is 10.8 Å². The minimum atomic E-state index is -4.97. The molecular formula is C19H12Cl2N6NaO7S2+. The van der Waals surface area contributed by atoms with E-state index < -0.39 is 41.5 Å². The summed E-state index contributed by atoms with van der Waals surface area (Å²) in [5, 5.41) is 20.1. The second-order valence-electron chi connectivity index (χ2n) is 6.95. The van der Waals surface area contributed by atoms with Crippen LogP contribution in [0.15, 0.2) is 68.6 Å². The molecule has 37 heavy (non-hydrogen) atoms. The molecule has 0 aliphatic carbocycles. The minimum absolute atomic E-state index is 0. The fraction of sp³-hybridized carbons (Fsp3) is 0. The molecule has 0 unspecified atom stereocenters. The molecule has 186 valence electrons. The second kappa shape index (κ2) is 11.1. The summed E-state index contributed by atoms with van der Waals surface area (Å²) >= 11 is 11.5. The van der Waals surface area contributed by atoms with Gasteiger partial charge in [0.05, 0.1) is 11.4 Å². The molecule has 13 nitrogen and oxygen atoms in total. The van der Waals surface area contributed by atoms with Gasteiger partial charge in [0.25, 0.3) is 20.2 Å². The minimum Gasteiger partial charge on any atom is -0.505 e. The summed E-state index contributed by atoms with van der Waals surface area (Å²) in [4.78, 5) is 9.44. The SMILES string of the molecule is O=S(=O)(O)c1cc2cc(S(=O)(=O)O)c(N=Nc3ccccc3)c(O)c2cc1Nc1nc(Cl)nc(Cl)n1.[Na+]. The van der Waals surface area contributed by atoms with Gasteiger partial charge in [0.1, 0.15) is 15.5 Å². The average Bonchev–Trinajstić information content (AvgIpc) is 2.77. The summed E-state index contributed by atoms with van der Waals surface area (Å²) in [6.07, 6.45) is 0.